The zero-order chi connectivity index (χ0) is 19.5. The Hall–Kier alpha value is -1.36. The van der Waals surface area contributed by atoms with Crippen LogP contribution < -0.4 is 10.6 Å². The van der Waals surface area contributed by atoms with Crippen molar-refractivity contribution in [2.75, 3.05) is 13.7 Å². The molecule has 1 amide bonds. The number of ether oxygens (including phenoxy) is 1. The van der Waals surface area contributed by atoms with Gasteiger partial charge in [-0.15, -0.1) is 0 Å². The van der Waals surface area contributed by atoms with Gasteiger partial charge in [-0.25, -0.2) is 0 Å². The summed E-state index contributed by atoms with van der Waals surface area (Å²) >= 11 is 0. The van der Waals surface area contributed by atoms with Crippen molar-refractivity contribution in [3.8, 4) is 0 Å². The highest BCUT2D eigenvalue weighted by atomic mass is 16.5. The molecule has 1 unspecified atom stereocenters. The second-order valence-corrected chi connectivity index (χ2v) is 8.66. The van der Waals surface area contributed by atoms with E-state index in [-0.39, 0.29) is 29.9 Å². The van der Waals surface area contributed by atoms with Crippen molar-refractivity contribution in [1.29, 1.82) is 0 Å². The van der Waals surface area contributed by atoms with Crippen molar-refractivity contribution in [3.05, 3.63) is 11.6 Å². The number of rotatable bonds is 6. The minimum Gasteiger partial charge on any atom is -0.468 e. The van der Waals surface area contributed by atoms with Crippen LogP contribution in [-0.4, -0.2) is 37.6 Å². The molecule has 26 heavy (non-hydrogen) atoms. The molecule has 0 heterocycles. The highest BCUT2D eigenvalue weighted by Crippen LogP contribution is 2.53. The third kappa shape index (κ3) is 4.30. The molecule has 1 fully saturated rings. The van der Waals surface area contributed by atoms with E-state index in [1.807, 2.05) is 0 Å². The monoisotopic (exact) mass is 364 g/mol. The number of amides is 1. The molecule has 0 saturated heterocycles. The first-order valence-corrected chi connectivity index (χ1v) is 10.00. The molecule has 2 aliphatic rings. The summed E-state index contributed by atoms with van der Waals surface area (Å²) in [5.41, 5.74) is 1.51. The standard InChI is InChI=1S/C21H36N2O3/c1-13(2)17-8-7-15(4)21(10-9-14(3)11-21)19(17)23-18(24)12-22-16(5)20(25)26-6/h11,13,15-17,19,22H,7-10,12H2,1-6H3,(H,23,24)/t15-,16?,17-,19+,21+/m0/s1. The Morgan fingerprint density at radius 1 is 1.31 bits per heavy atom. The van der Waals surface area contributed by atoms with E-state index in [4.69, 9.17) is 4.74 Å². The average molecular weight is 365 g/mol. The van der Waals surface area contributed by atoms with Crippen LogP contribution in [-0.2, 0) is 14.3 Å². The van der Waals surface area contributed by atoms with E-state index in [0.29, 0.717) is 17.8 Å². The molecule has 2 aliphatic carbocycles. The maximum absolute atomic E-state index is 12.7. The Morgan fingerprint density at radius 3 is 2.54 bits per heavy atom. The van der Waals surface area contributed by atoms with E-state index in [9.17, 15) is 9.59 Å². The van der Waals surface area contributed by atoms with Crippen LogP contribution >= 0.6 is 0 Å². The molecule has 2 N–H and O–H groups in total. The molecule has 5 heteroatoms. The van der Waals surface area contributed by atoms with Crippen LogP contribution in [0.3, 0.4) is 0 Å². The second-order valence-electron chi connectivity index (χ2n) is 8.66. The number of allylic oxidation sites excluding steroid dienone is 1. The van der Waals surface area contributed by atoms with Gasteiger partial charge in [0.15, 0.2) is 0 Å². The topological polar surface area (TPSA) is 67.4 Å². The maximum Gasteiger partial charge on any atom is 0.322 e. The highest BCUT2D eigenvalue weighted by Gasteiger charge is 2.51. The molecule has 0 aromatic rings. The third-order valence-corrected chi connectivity index (χ3v) is 6.62. The Morgan fingerprint density at radius 2 is 2.00 bits per heavy atom. The minimum absolute atomic E-state index is 0.0390. The lowest BCUT2D eigenvalue weighted by molar-refractivity contribution is -0.142. The smallest absolute Gasteiger partial charge is 0.322 e. The van der Waals surface area contributed by atoms with E-state index in [2.05, 4.69) is 44.4 Å². The number of carbonyl (C=O) groups is 2. The predicted molar refractivity (Wildman–Crippen MR) is 104 cm³/mol. The van der Waals surface area contributed by atoms with E-state index in [1.54, 1.807) is 6.92 Å². The summed E-state index contributed by atoms with van der Waals surface area (Å²) in [7, 11) is 1.36. The number of hydrogen-bond acceptors (Lipinski definition) is 4. The van der Waals surface area contributed by atoms with Crippen LogP contribution in [0.15, 0.2) is 11.6 Å². The van der Waals surface area contributed by atoms with Gasteiger partial charge in [0, 0.05) is 11.5 Å². The van der Waals surface area contributed by atoms with Gasteiger partial charge in [0.25, 0.3) is 0 Å². The van der Waals surface area contributed by atoms with Crippen molar-refractivity contribution < 1.29 is 14.3 Å². The van der Waals surface area contributed by atoms with E-state index < -0.39 is 6.04 Å². The van der Waals surface area contributed by atoms with Crippen molar-refractivity contribution >= 4 is 11.9 Å². The molecule has 1 saturated carbocycles. The lowest BCUT2D eigenvalue weighted by Crippen LogP contribution is -2.58. The fourth-order valence-corrected chi connectivity index (χ4v) is 4.92. The summed E-state index contributed by atoms with van der Waals surface area (Å²) < 4.78 is 4.70. The summed E-state index contributed by atoms with van der Waals surface area (Å²) in [5, 5.41) is 6.31. The van der Waals surface area contributed by atoms with Gasteiger partial charge >= 0.3 is 5.97 Å². The molecular weight excluding hydrogens is 328 g/mol. The Balaban J connectivity index is 2.13. The van der Waals surface area contributed by atoms with E-state index in [0.717, 1.165) is 19.3 Å². The molecule has 0 aromatic carbocycles. The largest absolute Gasteiger partial charge is 0.468 e. The summed E-state index contributed by atoms with van der Waals surface area (Å²) in [6.45, 7) is 10.9. The molecule has 5 nitrogen and oxygen atoms in total. The molecular formula is C21H36N2O3. The van der Waals surface area contributed by atoms with Crippen molar-refractivity contribution in [3.63, 3.8) is 0 Å². The molecule has 5 atom stereocenters. The molecule has 2 rings (SSSR count). The third-order valence-electron chi connectivity index (χ3n) is 6.62. The zero-order valence-electron chi connectivity index (χ0n) is 17.2. The summed E-state index contributed by atoms with van der Waals surface area (Å²) in [6.07, 6.45) is 7.07. The molecule has 0 bridgehead atoms. The fraction of sp³-hybridized carbons (Fsp3) is 0.810. The first-order valence-electron chi connectivity index (χ1n) is 10.00. The van der Waals surface area contributed by atoms with Gasteiger partial charge in [0.2, 0.25) is 5.91 Å². The fourth-order valence-electron chi connectivity index (χ4n) is 4.92. The summed E-state index contributed by atoms with van der Waals surface area (Å²) in [5.74, 6) is 1.19. The predicted octanol–water partition coefficient (Wildman–Crippen LogP) is 3.05. The van der Waals surface area contributed by atoms with Gasteiger partial charge in [0.1, 0.15) is 6.04 Å². The van der Waals surface area contributed by atoms with Crippen molar-refractivity contribution in [1.82, 2.24) is 10.6 Å². The lowest BCUT2D eigenvalue weighted by atomic mass is 9.58. The van der Waals surface area contributed by atoms with Crippen LogP contribution in [0.5, 0.6) is 0 Å². The van der Waals surface area contributed by atoms with Crippen molar-refractivity contribution in [2.45, 2.75) is 72.4 Å². The Labute approximate surface area is 158 Å². The van der Waals surface area contributed by atoms with Crippen LogP contribution in [0.2, 0.25) is 0 Å². The number of hydrogen-bond donors (Lipinski definition) is 2. The van der Waals surface area contributed by atoms with Crippen LogP contribution in [0.25, 0.3) is 0 Å². The van der Waals surface area contributed by atoms with Gasteiger partial charge in [-0.1, -0.05) is 32.4 Å². The molecule has 0 aliphatic heterocycles. The lowest BCUT2D eigenvalue weighted by Gasteiger charge is -2.51. The Kier molecular flexibility index (Phi) is 6.89. The van der Waals surface area contributed by atoms with Crippen LogP contribution in [0.4, 0.5) is 0 Å². The number of methoxy groups -OCH3 is 1. The highest BCUT2D eigenvalue weighted by molar-refractivity contribution is 5.80. The quantitative estimate of drug-likeness (QED) is 0.561. The summed E-state index contributed by atoms with van der Waals surface area (Å²) in [4.78, 5) is 24.2. The first kappa shape index (κ1) is 20.9. The van der Waals surface area contributed by atoms with Gasteiger partial charge in [0.05, 0.1) is 13.7 Å². The first-order chi connectivity index (χ1) is 12.2. The van der Waals surface area contributed by atoms with E-state index >= 15 is 0 Å². The van der Waals surface area contributed by atoms with E-state index in [1.165, 1.54) is 19.1 Å². The number of carbonyl (C=O) groups excluding carboxylic acids is 2. The zero-order valence-corrected chi connectivity index (χ0v) is 17.2. The maximum atomic E-state index is 12.7. The van der Waals surface area contributed by atoms with Gasteiger partial charge in [-0.3, -0.25) is 14.9 Å². The molecule has 0 radical (unpaired) electrons. The molecule has 0 aromatic heterocycles. The molecule has 1 spiro atoms. The summed E-state index contributed by atoms with van der Waals surface area (Å²) in [6, 6.07) is -0.328. The SMILES string of the molecule is COC(=O)C(C)NCC(=O)N[C@@H]1[C@H](C(C)C)CC[C@H](C)[C@@]12C=C(C)CC2. The average Bonchev–Trinajstić information content (AvgIpc) is 2.99. The van der Waals surface area contributed by atoms with Crippen molar-refractivity contribution in [2.24, 2.45) is 23.2 Å². The second kappa shape index (κ2) is 8.55. The van der Waals surface area contributed by atoms with Gasteiger partial charge in [-0.05, 0) is 57.3 Å². The Bertz CT molecular complexity index is 557. The van der Waals surface area contributed by atoms with Gasteiger partial charge < -0.3 is 10.1 Å². The van der Waals surface area contributed by atoms with Crippen LogP contribution in [0.1, 0.15) is 60.3 Å². The normalized spacial score (nSPS) is 32.4. The number of nitrogens with one attached hydrogen (secondary N) is 2. The molecule has 148 valence electrons. The van der Waals surface area contributed by atoms with Gasteiger partial charge in [-0.2, -0.15) is 0 Å². The number of esters is 1. The van der Waals surface area contributed by atoms with Crippen LogP contribution in [0, 0.1) is 23.2 Å². The minimum atomic E-state index is -0.487.